The average molecular weight is 180 g/mol. The first-order valence-corrected chi connectivity index (χ1v) is 5.36. The van der Waals surface area contributed by atoms with Crippen molar-refractivity contribution in [3.63, 3.8) is 0 Å². The van der Waals surface area contributed by atoms with Gasteiger partial charge in [0.2, 0.25) is 0 Å². The third-order valence-electron chi connectivity index (χ3n) is 4.12. The SMILES string of the molecule is CC1(C)CCC[C@@]2(C)C1=CC[C@H]2O. The summed E-state index contributed by atoms with van der Waals surface area (Å²) >= 11 is 0. The van der Waals surface area contributed by atoms with Crippen molar-refractivity contribution in [3.8, 4) is 0 Å². The molecule has 1 heteroatoms. The normalized spacial score (nSPS) is 42.8. The smallest absolute Gasteiger partial charge is 0.0665 e. The molecule has 0 saturated heterocycles. The third kappa shape index (κ3) is 1.17. The lowest BCUT2D eigenvalue weighted by molar-refractivity contribution is 0.0425. The Bertz CT molecular complexity index is 252. The van der Waals surface area contributed by atoms with E-state index in [9.17, 15) is 5.11 Å². The number of aliphatic hydroxyl groups is 1. The zero-order valence-electron chi connectivity index (χ0n) is 8.93. The van der Waals surface area contributed by atoms with E-state index in [2.05, 4.69) is 26.8 Å². The summed E-state index contributed by atoms with van der Waals surface area (Å²) in [5.74, 6) is 0. The summed E-state index contributed by atoms with van der Waals surface area (Å²) in [5.41, 5.74) is 1.94. The van der Waals surface area contributed by atoms with Crippen LogP contribution in [-0.4, -0.2) is 11.2 Å². The van der Waals surface area contributed by atoms with Crippen LogP contribution >= 0.6 is 0 Å². The number of aliphatic hydroxyl groups excluding tert-OH is 1. The van der Waals surface area contributed by atoms with Gasteiger partial charge in [-0.15, -0.1) is 0 Å². The Hall–Kier alpha value is -0.300. The molecule has 0 heterocycles. The van der Waals surface area contributed by atoms with Gasteiger partial charge in [-0.2, -0.15) is 0 Å². The van der Waals surface area contributed by atoms with Crippen LogP contribution in [0.1, 0.15) is 46.5 Å². The van der Waals surface area contributed by atoms with Crippen LogP contribution in [-0.2, 0) is 0 Å². The zero-order valence-corrected chi connectivity index (χ0v) is 8.93. The predicted octanol–water partition coefficient (Wildman–Crippen LogP) is 2.89. The van der Waals surface area contributed by atoms with Crippen molar-refractivity contribution in [3.05, 3.63) is 11.6 Å². The summed E-state index contributed by atoms with van der Waals surface area (Å²) in [6, 6.07) is 0. The first-order valence-electron chi connectivity index (χ1n) is 5.36. The molecular formula is C12H20O. The van der Waals surface area contributed by atoms with Gasteiger partial charge in [-0.25, -0.2) is 0 Å². The standard InChI is InChI=1S/C12H20O/c1-11(2)7-4-8-12(3)9(11)5-6-10(12)13/h5,10,13H,4,6-8H2,1-3H3/t10-,12+/m1/s1. The van der Waals surface area contributed by atoms with Crippen LogP contribution in [0, 0.1) is 10.8 Å². The van der Waals surface area contributed by atoms with Gasteiger partial charge < -0.3 is 5.11 Å². The molecule has 2 atom stereocenters. The minimum Gasteiger partial charge on any atom is -0.392 e. The van der Waals surface area contributed by atoms with E-state index in [1.165, 1.54) is 24.8 Å². The molecule has 0 aromatic heterocycles. The van der Waals surface area contributed by atoms with Gasteiger partial charge in [0.25, 0.3) is 0 Å². The number of hydrogen-bond donors (Lipinski definition) is 1. The van der Waals surface area contributed by atoms with Gasteiger partial charge in [-0.1, -0.05) is 38.8 Å². The third-order valence-corrected chi connectivity index (χ3v) is 4.12. The molecule has 2 rings (SSSR count). The van der Waals surface area contributed by atoms with E-state index in [4.69, 9.17) is 0 Å². The highest BCUT2D eigenvalue weighted by Crippen LogP contribution is 2.55. The molecule has 0 radical (unpaired) electrons. The molecule has 13 heavy (non-hydrogen) atoms. The van der Waals surface area contributed by atoms with Crippen molar-refractivity contribution in [2.75, 3.05) is 0 Å². The van der Waals surface area contributed by atoms with Crippen LogP contribution in [0.2, 0.25) is 0 Å². The van der Waals surface area contributed by atoms with Crippen molar-refractivity contribution < 1.29 is 5.11 Å². The van der Waals surface area contributed by atoms with Crippen molar-refractivity contribution >= 4 is 0 Å². The van der Waals surface area contributed by atoms with E-state index in [0.29, 0.717) is 5.41 Å². The van der Waals surface area contributed by atoms with Gasteiger partial charge in [-0.05, 0) is 24.7 Å². The van der Waals surface area contributed by atoms with Gasteiger partial charge in [0, 0.05) is 5.41 Å². The molecule has 74 valence electrons. The second-order valence-electron chi connectivity index (χ2n) is 5.52. The Labute approximate surface area is 80.8 Å². The monoisotopic (exact) mass is 180 g/mol. The molecule has 0 aliphatic heterocycles. The lowest BCUT2D eigenvalue weighted by atomic mass is 9.61. The van der Waals surface area contributed by atoms with Gasteiger partial charge >= 0.3 is 0 Å². The fraction of sp³-hybridized carbons (Fsp3) is 0.833. The molecule has 0 bridgehead atoms. The Morgan fingerprint density at radius 3 is 2.62 bits per heavy atom. The molecule has 2 aliphatic carbocycles. The average Bonchev–Trinajstić information content (AvgIpc) is 2.29. The maximum atomic E-state index is 9.96. The summed E-state index contributed by atoms with van der Waals surface area (Å²) in [5, 5.41) is 9.96. The minimum absolute atomic E-state index is 0.0990. The van der Waals surface area contributed by atoms with E-state index >= 15 is 0 Å². The van der Waals surface area contributed by atoms with Crippen LogP contribution in [0.4, 0.5) is 0 Å². The van der Waals surface area contributed by atoms with Crippen molar-refractivity contribution in [1.29, 1.82) is 0 Å². The lowest BCUT2D eigenvalue weighted by Gasteiger charge is -2.45. The van der Waals surface area contributed by atoms with Crippen LogP contribution in [0.5, 0.6) is 0 Å². The Kier molecular flexibility index (Phi) is 1.85. The van der Waals surface area contributed by atoms with Crippen LogP contribution in [0.25, 0.3) is 0 Å². The van der Waals surface area contributed by atoms with Crippen molar-refractivity contribution in [2.24, 2.45) is 10.8 Å². The van der Waals surface area contributed by atoms with E-state index in [0.717, 1.165) is 6.42 Å². The largest absolute Gasteiger partial charge is 0.392 e. The molecule has 0 aromatic rings. The highest BCUT2D eigenvalue weighted by molar-refractivity contribution is 5.30. The number of rotatable bonds is 0. The highest BCUT2D eigenvalue weighted by Gasteiger charge is 2.48. The maximum Gasteiger partial charge on any atom is 0.0665 e. The second-order valence-corrected chi connectivity index (χ2v) is 5.52. The van der Waals surface area contributed by atoms with Crippen molar-refractivity contribution in [1.82, 2.24) is 0 Å². The summed E-state index contributed by atoms with van der Waals surface area (Å²) in [4.78, 5) is 0. The molecule has 0 spiro atoms. The fourth-order valence-corrected chi connectivity index (χ4v) is 3.29. The molecule has 1 nitrogen and oxygen atoms in total. The van der Waals surface area contributed by atoms with Gasteiger partial charge in [0.1, 0.15) is 0 Å². The van der Waals surface area contributed by atoms with Crippen LogP contribution < -0.4 is 0 Å². The summed E-state index contributed by atoms with van der Waals surface area (Å²) in [6.07, 6.45) is 6.74. The first kappa shape index (κ1) is 9.26. The molecule has 2 aliphatic rings. The molecule has 0 amide bonds. The fourth-order valence-electron chi connectivity index (χ4n) is 3.29. The highest BCUT2D eigenvalue weighted by atomic mass is 16.3. The van der Waals surface area contributed by atoms with Crippen LogP contribution in [0.3, 0.4) is 0 Å². The Morgan fingerprint density at radius 1 is 1.31 bits per heavy atom. The minimum atomic E-state index is -0.123. The van der Waals surface area contributed by atoms with E-state index < -0.39 is 0 Å². The topological polar surface area (TPSA) is 20.2 Å². The van der Waals surface area contributed by atoms with Gasteiger partial charge in [-0.3, -0.25) is 0 Å². The quantitative estimate of drug-likeness (QED) is 0.568. The van der Waals surface area contributed by atoms with E-state index in [1.807, 2.05) is 0 Å². The number of fused-ring (bicyclic) bond motifs is 1. The molecule has 0 aromatic carbocycles. The predicted molar refractivity (Wildman–Crippen MR) is 54.4 cm³/mol. The molecule has 1 N–H and O–H groups in total. The summed E-state index contributed by atoms with van der Waals surface area (Å²) in [6.45, 7) is 6.86. The zero-order chi connectivity index (χ0) is 9.69. The Morgan fingerprint density at radius 2 is 2.00 bits per heavy atom. The first-order chi connectivity index (χ1) is 5.97. The maximum absolute atomic E-state index is 9.96. The summed E-state index contributed by atoms with van der Waals surface area (Å²) in [7, 11) is 0. The van der Waals surface area contributed by atoms with Crippen LogP contribution in [0.15, 0.2) is 11.6 Å². The molecule has 1 saturated carbocycles. The Balaban J connectivity index is 2.37. The molecule has 0 unspecified atom stereocenters. The summed E-state index contributed by atoms with van der Waals surface area (Å²) < 4.78 is 0. The van der Waals surface area contributed by atoms with Gasteiger partial charge in [0.15, 0.2) is 0 Å². The van der Waals surface area contributed by atoms with Crippen molar-refractivity contribution in [2.45, 2.75) is 52.6 Å². The number of hydrogen-bond acceptors (Lipinski definition) is 1. The van der Waals surface area contributed by atoms with E-state index in [1.54, 1.807) is 0 Å². The van der Waals surface area contributed by atoms with Gasteiger partial charge in [0.05, 0.1) is 6.10 Å². The lowest BCUT2D eigenvalue weighted by Crippen LogP contribution is -2.38. The van der Waals surface area contributed by atoms with E-state index in [-0.39, 0.29) is 11.5 Å². The molecule has 1 fully saturated rings. The molecular weight excluding hydrogens is 160 g/mol. The second kappa shape index (κ2) is 2.60.